The summed E-state index contributed by atoms with van der Waals surface area (Å²) in [5.74, 6) is 0.772. The molecule has 0 saturated carbocycles. The monoisotopic (exact) mass is 468 g/mol. The van der Waals surface area contributed by atoms with Gasteiger partial charge in [0.2, 0.25) is 11.9 Å². The molecular formula is C21H20N6O3S2. The summed E-state index contributed by atoms with van der Waals surface area (Å²) in [6.07, 6.45) is 0. The summed E-state index contributed by atoms with van der Waals surface area (Å²) in [7, 11) is -2.43. The number of methoxy groups -OCH3 is 1. The van der Waals surface area contributed by atoms with Gasteiger partial charge in [0.05, 0.1) is 19.3 Å². The topological polar surface area (TPSA) is 123 Å². The van der Waals surface area contributed by atoms with E-state index in [4.69, 9.17) is 10.5 Å². The highest BCUT2D eigenvalue weighted by Gasteiger charge is 2.29. The van der Waals surface area contributed by atoms with Gasteiger partial charge in [-0.3, -0.25) is 4.31 Å². The molecule has 3 N–H and O–H groups in total. The van der Waals surface area contributed by atoms with Gasteiger partial charge in [0.1, 0.15) is 9.96 Å². The van der Waals surface area contributed by atoms with Crippen molar-refractivity contribution in [3.8, 4) is 5.75 Å². The zero-order chi connectivity index (χ0) is 22.6. The lowest BCUT2D eigenvalue weighted by molar-refractivity contribution is 0.415. The molecule has 0 bridgehead atoms. The normalized spacial score (nSPS) is 11.2. The number of para-hydroxylation sites is 3. The minimum atomic E-state index is -3.92. The second-order valence-corrected chi connectivity index (χ2v) is 9.58. The molecule has 0 atom stereocenters. The number of nitrogens with one attached hydrogen (secondary N) is 1. The number of nitrogens with zero attached hydrogens (tertiary/aromatic N) is 4. The van der Waals surface area contributed by atoms with Crippen molar-refractivity contribution < 1.29 is 13.2 Å². The Morgan fingerprint density at radius 1 is 1.00 bits per heavy atom. The highest BCUT2D eigenvalue weighted by atomic mass is 32.2. The van der Waals surface area contributed by atoms with E-state index in [1.165, 1.54) is 11.4 Å². The molecule has 9 nitrogen and oxygen atoms in total. The van der Waals surface area contributed by atoms with E-state index in [2.05, 4.69) is 20.3 Å². The summed E-state index contributed by atoms with van der Waals surface area (Å²) >= 11 is 1.12. The Kier molecular flexibility index (Phi) is 6.19. The number of rotatable bonds is 8. The van der Waals surface area contributed by atoms with E-state index in [-0.39, 0.29) is 28.5 Å². The molecule has 0 unspecified atom stereocenters. The largest absolute Gasteiger partial charge is 0.495 e. The molecule has 2 heterocycles. The average Bonchev–Trinajstić information content (AvgIpc) is 3.34. The predicted molar refractivity (Wildman–Crippen MR) is 125 cm³/mol. The van der Waals surface area contributed by atoms with E-state index in [0.29, 0.717) is 11.4 Å². The number of nitrogens with two attached hydrogens (primary N) is 1. The van der Waals surface area contributed by atoms with E-state index in [9.17, 15) is 8.42 Å². The van der Waals surface area contributed by atoms with Crippen LogP contribution in [0.1, 0.15) is 5.82 Å². The minimum absolute atomic E-state index is 0.0260. The van der Waals surface area contributed by atoms with Crippen molar-refractivity contribution >= 4 is 44.6 Å². The molecule has 2 aromatic heterocycles. The average molecular weight is 469 g/mol. The van der Waals surface area contributed by atoms with Gasteiger partial charge in [-0.1, -0.05) is 36.4 Å². The molecule has 0 aliphatic heterocycles. The maximum absolute atomic E-state index is 13.5. The number of aromatic nitrogens is 3. The van der Waals surface area contributed by atoms with Gasteiger partial charge in [0.25, 0.3) is 10.0 Å². The molecule has 0 fully saturated rings. The number of thiophene rings is 1. The number of benzene rings is 2. The maximum Gasteiger partial charge on any atom is 0.274 e. The fourth-order valence-electron chi connectivity index (χ4n) is 3.00. The Labute approximate surface area is 189 Å². The van der Waals surface area contributed by atoms with Crippen LogP contribution in [0.15, 0.2) is 76.3 Å². The first-order valence-electron chi connectivity index (χ1n) is 9.49. The fourth-order valence-corrected chi connectivity index (χ4v) is 5.53. The Morgan fingerprint density at radius 3 is 2.47 bits per heavy atom. The fraction of sp³-hybridized carbons (Fsp3) is 0.0952. The number of hydrogen-bond acceptors (Lipinski definition) is 9. The van der Waals surface area contributed by atoms with Crippen LogP contribution in [0, 0.1) is 0 Å². The third-order valence-electron chi connectivity index (χ3n) is 4.41. The van der Waals surface area contributed by atoms with Crippen LogP contribution in [0.5, 0.6) is 5.75 Å². The van der Waals surface area contributed by atoms with E-state index < -0.39 is 10.0 Å². The van der Waals surface area contributed by atoms with Crippen LogP contribution in [0.4, 0.5) is 23.3 Å². The van der Waals surface area contributed by atoms with Gasteiger partial charge in [0.15, 0.2) is 5.82 Å². The van der Waals surface area contributed by atoms with Gasteiger partial charge in [-0.2, -0.15) is 15.0 Å². The molecule has 32 heavy (non-hydrogen) atoms. The quantitative estimate of drug-likeness (QED) is 0.402. The predicted octanol–water partition coefficient (Wildman–Crippen LogP) is 3.66. The lowest BCUT2D eigenvalue weighted by Gasteiger charge is -2.24. The van der Waals surface area contributed by atoms with E-state index in [1.807, 2.05) is 30.3 Å². The molecule has 0 radical (unpaired) electrons. The van der Waals surface area contributed by atoms with Gasteiger partial charge >= 0.3 is 0 Å². The molecular weight excluding hydrogens is 448 g/mol. The van der Waals surface area contributed by atoms with Gasteiger partial charge < -0.3 is 15.8 Å². The van der Waals surface area contributed by atoms with E-state index in [1.54, 1.807) is 41.8 Å². The van der Waals surface area contributed by atoms with Crippen LogP contribution in [0.25, 0.3) is 0 Å². The third kappa shape index (κ3) is 4.63. The first-order valence-corrected chi connectivity index (χ1v) is 11.8. The Balaban J connectivity index is 1.75. The molecule has 0 spiro atoms. The summed E-state index contributed by atoms with van der Waals surface area (Å²) in [5.41, 5.74) is 7.02. The highest BCUT2D eigenvalue weighted by molar-refractivity contribution is 7.94. The van der Waals surface area contributed by atoms with Crippen molar-refractivity contribution in [1.29, 1.82) is 0 Å². The van der Waals surface area contributed by atoms with Crippen LogP contribution in [0.3, 0.4) is 0 Å². The smallest absolute Gasteiger partial charge is 0.274 e. The third-order valence-corrected chi connectivity index (χ3v) is 7.54. The first-order chi connectivity index (χ1) is 15.5. The molecule has 0 amide bonds. The van der Waals surface area contributed by atoms with Crippen LogP contribution in [0.2, 0.25) is 0 Å². The van der Waals surface area contributed by atoms with Gasteiger partial charge in [-0.15, -0.1) is 11.3 Å². The van der Waals surface area contributed by atoms with Crippen molar-refractivity contribution in [2.75, 3.05) is 22.5 Å². The minimum Gasteiger partial charge on any atom is -0.495 e. The van der Waals surface area contributed by atoms with E-state index in [0.717, 1.165) is 17.0 Å². The van der Waals surface area contributed by atoms with Crippen LogP contribution in [-0.2, 0) is 16.6 Å². The van der Waals surface area contributed by atoms with Crippen molar-refractivity contribution in [1.82, 2.24) is 15.0 Å². The van der Waals surface area contributed by atoms with Crippen molar-refractivity contribution in [3.63, 3.8) is 0 Å². The number of ether oxygens (including phenoxy) is 1. The van der Waals surface area contributed by atoms with Crippen molar-refractivity contribution in [3.05, 3.63) is 77.9 Å². The van der Waals surface area contributed by atoms with Gasteiger partial charge in [-0.25, -0.2) is 8.42 Å². The SMILES string of the molecule is COc1ccccc1N(Cc1nc(N)nc(Nc2ccccc2)n1)S(=O)(=O)c1cccs1. The first kappa shape index (κ1) is 21.5. The Bertz CT molecular complexity index is 1300. The maximum atomic E-state index is 13.5. The summed E-state index contributed by atoms with van der Waals surface area (Å²) in [4.78, 5) is 12.7. The summed E-state index contributed by atoms with van der Waals surface area (Å²) < 4.78 is 33.8. The lowest BCUT2D eigenvalue weighted by atomic mass is 10.3. The Morgan fingerprint density at radius 2 is 1.75 bits per heavy atom. The van der Waals surface area contributed by atoms with Crippen LogP contribution < -0.4 is 20.1 Å². The second kappa shape index (κ2) is 9.20. The standard InChI is InChI=1S/C21H20N6O3S2/c1-30-17-11-6-5-10-16(17)27(32(28,29)19-12-7-13-31-19)14-18-24-20(22)26-21(25-18)23-15-8-3-2-4-9-15/h2-13H,14H2,1H3,(H3,22,23,24,25,26). The number of sulfonamides is 1. The Hall–Kier alpha value is -3.70. The molecule has 2 aromatic carbocycles. The highest BCUT2D eigenvalue weighted by Crippen LogP contribution is 2.34. The molecule has 0 aliphatic rings. The zero-order valence-electron chi connectivity index (χ0n) is 17.0. The van der Waals surface area contributed by atoms with Crippen molar-refractivity contribution in [2.45, 2.75) is 10.8 Å². The molecule has 164 valence electrons. The summed E-state index contributed by atoms with van der Waals surface area (Å²) in [5, 5.41) is 4.76. The molecule has 11 heteroatoms. The van der Waals surface area contributed by atoms with Crippen LogP contribution >= 0.6 is 11.3 Å². The second-order valence-electron chi connectivity index (χ2n) is 6.54. The number of hydrogen-bond donors (Lipinski definition) is 2. The molecule has 0 aliphatic carbocycles. The number of nitrogen functional groups attached to an aromatic ring is 1. The van der Waals surface area contributed by atoms with Crippen LogP contribution in [-0.4, -0.2) is 30.5 Å². The molecule has 0 saturated heterocycles. The van der Waals surface area contributed by atoms with Crippen molar-refractivity contribution in [2.24, 2.45) is 0 Å². The molecule has 4 rings (SSSR count). The van der Waals surface area contributed by atoms with Gasteiger partial charge in [-0.05, 0) is 35.7 Å². The van der Waals surface area contributed by atoms with Gasteiger partial charge in [0, 0.05) is 5.69 Å². The number of anilines is 4. The summed E-state index contributed by atoms with van der Waals surface area (Å²) in [6, 6.07) is 19.4. The zero-order valence-corrected chi connectivity index (χ0v) is 18.7. The molecule has 4 aromatic rings. The lowest BCUT2D eigenvalue weighted by Crippen LogP contribution is -2.31. The van der Waals surface area contributed by atoms with E-state index >= 15 is 0 Å². The summed E-state index contributed by atoms with van der Waals surface area (Å²) in [6.45, 7) is -0.170.